The predicted octanol–water partition coefficient (Wildman–Crippen LogP) is 4.06. The third kappa shape index (κ3) is 3.77. The number of amides is 1. The zero-order valence-corrected chi connectivity index (χ0v) is 19.2. The summed E-state index contributed by atoms with van der Waals surface area (Å²) in [6.45, 7) is 5.02. The molecule has 0 aromatic rings. The second-order valence-electron chi connectivity index (χ2n) is 10.1. The van der Waals surface area contributed by atoms with E-state index >= 15 is 0 Å². The van der Waals surface area contributed by atoms with E-state index in [4.69, 9.17) is 4.74 Å². The van der Waals surface area contributed by atoms with Crippen LogP contribution in [0.4, 0.5) is 0 Å². The van der Waals surface area contributed by atoms with Crippen molar-refractivity contribution in [3.63, 3.8) is 0 Å². The molecule has 5 aliphatic rings. The third-order valence-corrected chi connectivity index (χ3v) is 7.29. The Morgan fingerprint density at radius 3 is 2.84 bits per heavy atom. The fraction of sp³-hybridized carbons (Fsp3) is 0.519. The first-order valence-electron chi connectivity index (χ1n) is 12.1. The van der Waals surface area contributed by atoms with Crippen LogP contribution in [0.15, 0.2) is 70.2 Å². The quantitative estimate of drug-likeness (QED) is 0.701. The highest BCUT2D eigenvalue weighted by atomic mass is 16.5. The number of rotatable bonds is 4. The molecule has 3 aliphatic carbocycles. The fourth-order valence-electron chi connectivity index (χ4n) is 5.65. The van der Waals surface area contributed by atoms with Crippen LogP contribution in [-0.2, 0) is 9.53 Å². The molecule has 0 saturated heterocycles. The summed E-state index contributed by atoms with van der Waals surface area (Å²) < 4.78 is 6.16. The van der Waals surface area contributed by atoms with Gasteiger partial charge in [0.05, 0.1) is 24.7 Å². The molecule has 0 radical (unpaired) electrons. The SMILES string of the molecule is CC(C)(CO)NC(=O)C1=CC2C(=C(C3CCCCC3)C3=C4CC=CC=C4OCCN32)C=C1. The number of allylic oxidation sites excluding steroid dienone is 5. The van der Waals surface area contributed by atoms with Crippen molar-refractivity contribution in [1.29, 1.82) is 0 Å². The molecule has 0 aromatic carbocycles. The van der Waals surface area contributed by atoms with E-state index in [0.717, 1.165) is 18.7 Å². The van der Waals surface area contributed by atoms with Crippen LogP contribution in [0.5, 0.6) is 0 Å². The van der Waals surface area contributed by atoms with Gasteiger partial charge in [0.25, 0.3) is 5.91 Å². The number of hydrogen-bond acceptors (Lipinski definition) is 4. The van der Waals surface area contributed by atoms with Gasteiger partial charge in [-0.2, -0.15) is 0 Å². The highest BCUT2D eigenvalue weighted by Crippen LogP contribution is 2.49. The van der Waals surface area contributed by atoms with Gasteiger partial charge >= 0.3 is 0 Å². The number of ether oxygens (including phenoxy) is 1. The second-order valence-corrected chi connectivity index (χ2v) is 10.1. The number of fused-ring (bicyclic) bond motifs is 4. The molecule has 1 saturated carbocycles. The minimum Gasteiger partial charge on any atom is -0.491 e. The van der Waals surface area contributed by atoms with Gasteiger partial charge in [-0.1, -0.05) is 37.5 Å². The number of nitrogens with zero attached hydrogens (tertiary/aromatic N) is 1. The van der Waals surface area contributed by atoms with Crippen molar-refractivity contribution in [2.75, 3.05) is 19.8 Å². The van der Waals surface area contributed by atoms with Gasteiger partial charge in [0, 0.05) is 16.8 Å². The summed E-state index contributed by atoms with van der Waals surface area (Å²) in [4.78, 5) is 15.4. The first-order valence-corrected chi connectivity index (χ1v) is 12.1. The van der Waals surface area contributed by atoms with Crippen molar-refractivity contribution < 1.29 is 14.6 Å². The third-order valence-electron chi connectivity index (χ3n) is 7.29. The van der Waals surface area contributed by atoms with E-state index in [2.05, 4.69) is 40.6 Å². The van der Waals surface area contributed by atoms with E-state index in [1.165, 1.54) is 54.5 Å². The molecular weight excluding hydrogens is 400 g/mol. The van der Waals surface area contributed by atoms with Crippen molar-refractivity contribution in [1.82, 2.24) is 10.2 Å². The van der Waals surface area contributed by atoms with E-state index in [1.807, 2.05) is 19.9 Å². The van der Waals surface area contributed by atoms with Crippen LogP contribution in [0.3, 0.4) is 0 Å². The maximum Gasteiger partial charge on any atom is 0.251 e. The monoisotopic (exact) mass is 434 g/mol. The maximum absolute atomic E-state index is 13.0. The number of carbonyl (C=O) groups excluding carboxylic acids is 1. The Morgan fingerprint density at radius 1 is 1.25 bits per heavy atom. The Kier molecular flexibility index (Phi) is 5.62. The van der Waals surface area contributed by atoms with Gasteiger partial charge in [0.15, 0.2) is 0 Å². The molecule has 5 heteroatoms. The van der Waals surface area contributed by atoms with Crippen LogP contribution < -0.4 is 5.32 Å². The molecule has 1 amide bonds. The minimum absolute atomic E-state index is 0.0614. The lowest BCUT2D eigenvalue weighted by atomic mass is 9.79. The van der Waals surface area contributed by atoms with E-state index in [-0.39, 0.29) is 18.6 Å². The molecule has 5 rings (SSSR count). The molecule has 5 nitrogen and oxygen atoms in total. The van der Waals surface area contributed by atoms with Crippen LogP contribution in [0.1, 0.15) is 52.4 Å². The van der Waals surface area contributed by atoms with Crippen molar-refractivity contribution in [3.8, 4) is 0 Å². The summed E-state index contributed by atoms with van der Waals surface area (Å²) >= 11 is 0. The van der Waals surface area contributed by atoms with Crippen LogP contribution in [0.25, 0.3) is 0 Å². The minimum atomic E-state index is -0.650. The number of nitrogens with one attached hydrogen (secondary N) is 1. The zero-order valence-electron chi connectivity index (χ0n) is 19.2. The Balaban J connectivity index is 1.57. The van der Waals surface area contributed by atoms with Crippen LogP contribution in [0, 0.1) is 5.92 Å². The molecule has 32 heavy (non-hydrogen) atoms. The molecule has 0 spiro atoms. The number of aliphatic hydroxyl groups excluding tert-OH is 1. The van der Waals surface area contributed by atoms with Crippen molar-refractivity contribution >= 4 is 5.91 Å². The van der Waals surface area contributed by atoms with Gasteiger partial charge in [-0.3, -0.25) is 4.79 Å². The van der Waals surface area contributed by atoms with Crippen LogP contribution >= 0.6 is 0 Å². The number of hydrogen-bond donors (Lipinski definition) is 2. The summed E-state index contributed by atoms with van der Waals surface area (Å²) in [6, 6.07) is 0.0614. The molecule has 2 aliphatic heterocycles. The molecule has 1 unspecified atom stereocenters. The van der Waals surface area contributed by atoms with Gasteiger partial charge in [-0.05, 0) is 68.4 Å². The fourth-order valence-corrected chi connectivity index (χ4v) is 5.65. The van der Waals surface area contributed by atoms with Gasteiger partial charge in [0.2, 0.25) is 0 Å². The second kappa shape index (κ2) is 8.43. The van der Waals surface area contributed by atoms with Gasteiger partial charge in [-0.15, -0.1) is 0 Å². The predicted molar refractivity (Wildman–Crippen MR) is 125 cm³/mol. The van der Waals surface area contributed by atoms with E-state index in [9.17, 15) is 9.90 Å². The van der Waals surface area contributed by atoms with Crippen molar-refractivity contribution in [2.45, 2.75) is 64.0 Å². The summed E-state index contributed by atoms with van der Waals surface area (Å²) in [5, 5.41) is 12.5. The summed E-state index contributed by atoms with van der Waals surface area (Å²) in [6.07, 6.45) is 19.9. The molecular formula is C27H34N2O3. The van der Waals surface area contributed by atoms with E-state index in [1.54, 1.807) is 0 Å². The van der Waals surface area contributed by atoms with Crippen LogP contribution in [-0.4, -0.2) is 47.3 Å². The molecule has 170 valence electrons. The maximum atomic E-state index is 13.0. The lowest BCUT2D eigenvalue weighted by Crippen LogP contribution is -2.47. The topological polar surface area (TPSA) is 61.8 Å². The number of carbonyl (C=O) groups is 1. The molecule has 2 N–H and O–H groups in total. The Bertz CT molecular complexity index is 986. The number of aliphatic hydroxyl groups is 1. The molecule has 0 bridgehead atoms. The lowest BCUT2D eigenvalue weighted by molar-refractivity contribution is -0.119. The molecule has 1 atom stereocenters. The molecule has 2 heterocycles. The lowest BCUT2D eigenvalue weighted by Gasteiger charge is -2.30. The van der Waals surface area contributed by atoms with Gasteiger partial charge in [0.1, 0.15) is 12.4 Å². The highest BCUT2D eigenvalue weighted by Gasteiger charge is 2.42. The average molecular weight is 435 g/mol. The van der Waals surface area contributed by atoms with E-state index in [0.29, 0.717) is 18.1 Å². The highest BCUT2D eigenvalue weighted by molar-refractivity contribution is 5.97. The van der Waals surface area contributed by atoms with Crippen molar-refractivity contribution in [2.24, 2.45) is 5.92 Å². The first kappa shape index (κ1) is 21.3. The summed E-state index contributed by atoms with van der Waals surface area (Å²) in [5.41, 5.74) is 5.50. The largest absolute Gasteiger partial charge is 0.491 e. The van der Waals surface area contributed by atoms with E-state index < -0.39 is 5.54 Å². The molecule has 0 aromatic heterocycles. The Labute approximate surface area is 190 Å². The normalized spacial score (nSPS) is 25.5. The smallest absolute Gasteiger partial charge is 0.251 e. The average Bonchev–Trinajstić information content (AvgIpc) is 3.00. The molecule has 1 fully saturated rings. The van der Waals surface area contributed by atoms with Gasteiger partial charge in [-0.25, -0.2) is 0 Å². The summed E-state index contributed by atoms with van der Waals surface area (Å²) in [5.74, 6) is 1.45. The zero-order chi connectivity index (χ0) is 22.3. The first-order chi connectivity index (χ1) is 15.5. The Hall–Kier alpha value is -2.53. The summed E-state index contributed by atoms with van der Waals surface area (Å²) in [7, 11) is 0. The van der Waals surface area contributed by atoms with Crippen molar-refractivity contribution in [3.05, 3.63) is 70.2 Å². The van der Waals surface area contributed by atoms with Crippen LogP contribution in [0.2, 0.25) is 0 Å². The van der Waals surface area contributed by atoms with Gasteiger partial charge < -0.3 is 20.1 Å². The Morgan fingerprint density at radius 2 is 2.06 bits per heavy atom. The standard InChI is InChI=1S/C27H34N2O3/c1-27(2,17-30)28-26(31)19-12-13-20-22(16-19)29-14-15-32-23-11-7-6-10-21(23)25(29)24(20)18-8-4-3-5-9-18/h6-7,11-13,16,18,22,30H,3-5,8-10,14-15,17H2,1-2H3,(H,28,31).